The van der Waals surface area contributed by atoms with Crippen LogP contribution in [0.1, 0.15) is 5.56 Å². The van der Waals surface area contributed by atoms with Crippen LogP contribution in [0.25, 0.3) is 0 Å². The molecule has 3 nitrogen and oxygen atoms in total. The van der Waals surface area contributed by atoms with Crippen molar-refractivity contribution in [2.24, 2.45) is 0 Å². The van der Waals surface area contributed by atoms with Crippen LogP contribution in [0.5, 0.6) is 5.75 Å². The predicted octanol–water partition coefficient (Wildman–Crippen LogP) is 2.56. The lowest BCUT2D eigenvalue weighted by Crippen LogP contribution is -1.99. The molecule has 0 heterocycles. The van der Waals surface area contributed by atoms with E-state index in [0.29, 0.717) is 0 Å². The summed E-state index contributed by atoms with van der Waals surface area (Å²) >= 11 is 5.70. The molecule has 0 aromatic heterocycles. The molecule has 1 aromatic carbocycles. The molecule has 0 N–H and O–H groups in total. The van der Waals surface area contributed by atoms with Gasteiger partial charge in [-0.3, -0.25) is 0 Å². The van der Waals surface area contributed by atoms with E-state index in [1.54, 1.807) is 0 Å². The highest BCUT2D eigenvalue weighted by Gasteiger charge is 2.14. The van der Waals surface area contributed by atoms with Crippen molar-refractivity contribution in [3.05, 3.63) is 28.5 Å². The molecule has 0 aliphatic heterocycles. The van der Waals surface area contributed by atoms with Crippen molar-refractivity contribution < 1.29 is 17.5 Å². The van der Waals surface area contributed by atoms with Crippen LogP contribution >= 0.6 is 22.3 Å². The van der Waals surface area contributed by atoms with Crippen LogP contribution in [-0.4, -0.2) is 15.5 Å². The quantitative estimate of drug-likeness (QED) is 0.795. The van der Waals surface area contributed by atoms with Crippen LogP contribution in [-0.2, 0) is 14.8 Å². The van der Waals surface area contributed by atoms with Crippen LogP contribution in [0.4, 0.5) is 4.39 Å². The number of hydrogen-bond donors (Lipinski definition) is 0. The predicted molar refractivity (Wildman–Crippen MR) is 56.4 cm³/mol. The summed E-state index contributed by atoms with van der Waals surface area (Å²) in [5.41, 5.74) is -0.0872. The minimum atomic E-state index is -3.80. The molecule has 1 aromatic rings. The van der Waals surface area contributed by atoms with Crippen molar-refractivity contribution in [2.75, 3.05) is 7.11 Å². The van der Waals surface area contributed by atoms with Crippen LogP contribution in [0.15, 0.2) is 12.1 Å². The maximum Gasteiger partial charge on any atom is 0.236 e. The van der Waals surface area contributed by atoms with Gasteiger partial charge in [0.2, 0.25) is 9.05 Å². The number of methoxy groups -OCH3 is 1. The molecule has 0 fully saturated rings. The third-order valence-electron chi connectivity index (χ3n) is 1.65. The number of benzene rings is 1. The fourth-order valence-corrected chi connectivity index (χ4v) is 2.23. The molecule has 0 saturated heterocycles. The number of rotatable bonds is 3. The molecule has 0 radical (unpaired) electrons. The van der Waals surface area contributed by atoms with E-state index in [9.17, 15) is 12.8 Å². The Kier molecular flexibility index (Phi) is 3.81. The molecule has 0 bridgehead atoms. The van der Waals surface area contributed by atoms with E-state index < -0.39 is 20.6 Å². The van der Waals surface area contributed by atoms with Crippen molar-refractivity contribution in [1.29, 1.82) is 0 Å². The zero-order valence-electron chi connectivity index (χ0n) is 7.63. The lowest BCUT2D eigenvalue weighted by atomic mass is 10.2. The fraction of sp³-hybridized carbons (Fsp3) is 0.250. The average molecular weight is 273 g/mol. The summed E-state index contributed by atoms with van der Waals surface area (Å²) in [4.78, 5) is 0. The van der Waals surface area contributed by atoms with Gasteiger partial charge in [0.05, 0.1) is 17.9 Å². The van der Waals surface area contributed by atoms with Gasteiger partial charge in [-0.15, -0.1) is 0 Å². The molecule has 0 aliphatic rings. The zero-order chi connectivity index (χ0) is 11.6. The van der Waals surface area contributed by atoms with Gasteiger partial charge < -0.3 is 4.74 Å². The molecule has 0 amide bonds. The van der Waals surface area contributed by atoms with E-state index in [0.717, 1.165) is 6.07 Å². The monoisotopic (exact) mass is 272 g/mol. The number of halogens is 3. The van der Waals surface area contributed by atoms with Gasteiger partial charge in [0.15, 0.2) is 0 Å². The summed E-state index contributed by atoms with van der Waals surface area (Å²) < 4.78 is 39.5. The highest BCUT2D eigenvalue weighted by atomic mass is 35.7. The zero-order valence-corrected chi connectivity index (χ0v) is 9.96. The second-order valence-corrected chi connectivity index (χ2v) is 5.95. The standard InChI is InChI=1S/C8H7Cl2FO3S/c1-14-8-3-7(11)5(2-6(8)9)4-15(10,12)13/h2-3H,4H2,1H3. The van der Waals surface area contributed by atoms with Crippen molar-refractivity contribution in [2.45, 2.75) is 5.75 Å². The van der Waals surface area contributed by atoms with Gasteiger partial charge in [-0.1, -0.05) is 11.6 Å². The van der Waals surface area contributed by atoms with E-state index >= 15 is 0 Å². The first-order chi connectivity index (χ1) is 6.83. The molecule has 0 aliphatic carbocycles. The van der Waals surface area contributed by atoms with E-state index in [1.807, 2.05) is 0 Å². The van der Waals surface area contributed by atoms with Gasteiger partial charge in [0, 0.05) is 22.3 Å². The van der Waals surface area contributed by atoms with Crippen molar-refractivity contribution in [1.82, 2.24) is 0 Å². The third-order valence-corrected chi connectivity index (χ3v) is 2.93. The molecular formula is C8H7Cl2FO3S. The molecule has 7 heteroatoms. The first-order valence-electron chi connectivity index (χ1n) is 3.77. The summed E-state index contributed by atoms with van der Waals surface area (Å²) in [7, 11) is 2.53. The van der Waals surface area contributed by atoms with Crippen molar-refractivity contribution in [3.63, 3.8) is 0 Å². The Labute approximate surface area is 96.2 Å². The van der Waals surface area contributed by atoms with E-state index in [4.69, 9.17) is 27.0 Å². The van der Waals surface area contributed by atoms with E-state index in [2.05, 4.69) is 0 Å². The summed E-state index contributed by atoms with van der Waals surface area (Å²) in [6.07, 6.45) is 0. The van der Waals surface area contributed by atoms with Crippen molar-refractivity contribution >= 4 is 31.3 Å². The molecule has 0 saturated carbocycles. The topological polar surface area (TPSA) is 43.4 Å². The maximum absolute atomic E-state index is 13.3. The molecule has 1 rings (SSSR count). The molecule has 0 unspecified atom stereocenters. The highest BCUT2D eigenvalue weighted by Crippen LogP contribution is 2.28. The summed E-state index contributed by atoms with van der Waals surface area (Å²) in [5.74, 6) is -1.19. The number of hydrogen-bond acceptors (Lipinski definition) is 3. The Morgan fingerprint density at radius 1 is 1.47 bits per heavy atom. The summed E-state index contributed by atoms with van der Waals surface area (Å²) in [5, 5.41) is 0.134. The Morgan fingerprint density at radius 3 is 2.53 bits per heavy atom. The van der Waals surface area contributed by atoms with Gasteiger partial charge >= 0.3 is 0 Å². The second-order valence-electron chi connectivity index (χ2n) is 2.76. The summed E-state index contributed by atoms with van der Waals surface area (Å²) in [6.45, 7) is 0. The molecule has 84 valence electrons. The first-order valence-corrected chi connectivity index (χ1v) is 6.63. The second kappa shape index (κ2) is 4.55. The van der Waals surface area contributed by atoms with E-state index in [-0.39, 0.29) is 16.3 Å². The van der Waals surface area contributed by atoms with Gasteiger partial charge in [0.25, 0.3) is 0 Å². The smallest absolute Gasteiger partial charge is 0.236 e. The molecular weight excluding hydrogens is 266 g/mol. The number of ether oxygens (including phenoxy) is 1. The van der Waals surface area contributed by atoms with Gasteiger partial charge in [-0.05, 0) is 6.07 Å². The largest absolute Gasteiger partial charge is 0.495 e. The maximum atomic E-state index is 13.3. The lowest BCUT2D eigenvalue weighted by Gasteiger charge is -2.06. The minimum absolute atomic E-state index is 0.0872. The fourth-order valence-electron chi connectivity index (χ4n) is 1.02. The van der Waals surface area contributed by atoms with Crippen LogP contribution in [0.3, 0.4) is 0 Å². The summed E-state index contributed by atoms with van der Waals surface area (Å²) in [6, 6.07) is 2.19. The van der Waals surface area contributed by atoms with Crippen LogP contribution < -0.4 is 4.74 Å². The highest BCUT2D eigenvalue weighted by molar-refractivity contribution is 8.13. The molecule has 15 heavy (non-hydrogen) atoms. The lowest BCUT2D eigenvalue weighted by molar-refractivity contribution is 0.411. The average Bonchev–Trinajstić information content (AvgIpc) is 2.08. The Hall–Kier alpha value is -0.520. The van der Waals surface area contributed by atoms with Gasteiger partial charge in [-0.2, -0.15) is 0 Å². The van der Waals surface area contributed by atoms with Crippen LogP contribution in [0, 0.1) is 5.82 Å². The SMILES string of the molecule is COc1cc(F)c(CS(=O)(=O)Cl)cc1Cl. The van der Waals surface area contributed by atoms with Crippen LogP contribution in [0.2, 0.25) is 5.02 Å². The molecule has 0 spiro atoms. The Morgan fingerprint density at radius 2 is 2.07 bits per heavy atom. The van der Waals surface area contributed by atoms with Gasteiger partial charge in [-0.25, -0.2) is 12.8 Å². The third kappa shape index (κ3) is 3.52. The Bertz CT molecular complexity index is 473. The van der Waals surface area contributed by atoms with Gasteiger partial charge in [0.1, 0.15) is 11.6 Å². The Balaban J connectivity index is 3.17. The molecule has 0 atom stereocenters. The first kappa shape index (κ1) is 12.5. The minimum Gasteiger partial charge on any atom is -0.495 e. The van der Waals surface area contributed by atoms with Crippen molar-refractivity contribution in [3.8, 4) is 5.75 Å². The normalized spacial score (nSPS) is 11.5. The van der Waals surface area contributed by atoms with E-state index in [1.165, 1.54) is 13.2 Å².